The molecule has 0 aliphatic carbocycles. The van der Waals surface area contributed by atoms with Crippen LogP contribution in [0, 0.1) is 0 Å². The van der Waals surface area contributed by atoms with Crippen molar-refractivity contribution >= 4 is 23.2 Å². The predicted octanol–water partition coefficient (Wildman–Crippen LogP) is 5.53. The molecule has 0 aliphatic rings. The molecule has 1 N–H and O–H groups in total. The van der Waals surface area contributed by atoms with Crippen molar-refractivity contribution in [1.82, 2.24) is 10.3 Å². The van der Waals surface area contributed by atoms with E-state index < -0.39 is 0 Å². The molecule has 0 saturated heterocycles. The standard InChI is InChI=1S/C23H24Cl2N2O3/c1-2-28-22-14-17(15-26-12-13-29-23-8-3-4-11-27-23)9-10-21(22)30-16-18-19(24)6-5-7-20(18)25/h3-11,14,26H,2,12-13,15-16H2,1H3. The second-order valence-electron chi connectivity index (χ2n) is 6.40. The van der Waals surface area contributed by atoms with E-state index in [2.05, 4.69) is 10.3 Å². The minimum atomic E-state index is 0.265. The maximum absolute atomic E-state index is 6.23. The number of pyridine rings is 1. The van der Waals surface area contributed by atoms with Crippen LogP contribution in [0.15, 0.2) is 60.8 Å². The topological polar surface area (TPSA) is 52.6 Å². The molecule has 0 fully saturated rings. The summed E-state index contributed by atoms with van der Waals surface area (Å²) in [6.45, 7) is 4.66. The van der Waals surface area contributed by atoms with Gasteiger partial charge in [0.05, 0.1) is 6.61 Å². The predicted molar refractivity (Wildman–Crippen MR) is 120 cm³/mol. The van der Waals surface area contributed by atoms with Gasteiger partial charge in [-0.2, -0.15) is 0 Å². The lowest BCUT2D eigenvalue weighted by molar-refractivity contribution is 0.269. The third-order valence-electron chi connectivity index (χ3n) is 4.24. The summed E-state index contributed by atoms with van der Waals surface area (Å²) in [6, 6.07) is 16.9. The molecule has 0 spiro atoms. The summed E-state index contributed by atoms with van der Waals surface area (Å²) in [4.78, 5) is 4.13. The number of hydrogen-bond acceptors (Lipinski definition) is 5. The molecule has 7 heteroatoms. The van der Waals surface area contributed by atoms with Crippen LogP contribution in [0.2, 0.25) is 10.0 Å². The molecule has 3 rings (SSSR count). The number of nitrogens with zero attached hydrogens (tertiary/aromatic N) is 1. The number of nitrogens with one attached hydrogen (secondary N) is 1. The van der Waals surface area contributed by atoms with Crippen LogP contribution < -0.4 is 19.5 Å². The van der Waals surface area contributed by atoms with E-state index in [1.807, 2.05) is 49.4 Å². The van der Waals surface area contributed by atoms with Gasteiger partial charge in [0.15, 0.2) is 11.5 Å². The fourth-order valence-corrected chi connectivity index (χ4v) is 3.27. The highest BCUT2D eigenvalue weighted by molar-refractivity contribution is 6.35. The SMILES string of the molecule is CCOc1cc(CNCCOc2ccccn2)ccc1OCc1c(Cl)cccc1Cl. The third kappa shape index (κ3) is 6.52. The first-order valence-electron chi connectivity index (χ1n) is 9.73. The van der Waals surface area contributed by atoms with Gasteiger partial charge in [0, 0.05) is 41.0 Å². The first-order chi connectivity index (χ1) is 14.7. The van der Waals surface area contributed by atoms with E-state index in [1.54, 1.807) is 18.3 Å². The summed E-state index contributed by atoms with van der Waals surface area (Å²) in [5.74, 6) is 1.96. The molecule has 2 aromatic carbocycles. The zero-order valence-corrected chi connectivity index (χ0v) is 18.2. The Balaban J connectivity index is 1.53. The van der Waals surface area contributed by atoms with Gasteiger partial charge < -0.3 is 19.5 Å². The molecule has 0 saturated carbocycles. The molecule has 0 aliphatic heterocycles. The van der Waals surface area contributed by atoms with Crippen molar-refractivity contribution in [3.63, 3.8) is 0 Å². The Labute approximate surface area is 186 Å². The van der Waals surface area contributed by atoms with Gasteiger partial charge in [0.2, 0.25) is 5.88 Å². The Morgan fingerprint density at radius 3 is 2.47 bits per heavy atom. The smallest absolute Gasteiger partial charge is 0.213 e. The zero-order chi connectivity index (χ0) is 21.2. The van der Waals surface area contributed by atoms with E-state index in [0.717, 1.165) is 11.1 Å². The Morgan fingerprint density at radius 1 is 0.900 bits per heavy atom. The average molecular weight is 447 g/mol. The molecule has 3 aromatic rings. The first kappa shape index (κ1) is 22.2. The monoisotopic (exact) mass is 446 g/mol. The number of benzene rings is 2. The third-order valence-corrected chi connectivity index (χ3v) is 4.95. The van der Waals surface area contributed by atoms with Crippen molar-refractivity contribution in [2.24, 2.45) is 0 Å². The van der Waals surface area contributed by atoms with E-state index in [1.165, 1.54) is 0 Å². The van der Waals surface area contributed by atoms with Crippen LogP contribution in [-0.2, 0) is 13.2 Å². The highest BCUT2D eigenvalue weighted by Crippen LogP contribution is 2.31. The van der Waals surface area contributed by atoms with Gasteiger partial charge in [-0.15, -0.1) is 0 Å². The summed E-state index contributed by atoms with van der Waals surface area (Å²) in [6.07, 6.45) is 1.71. The highest BCUT2D eigenvalue weighted by Gasteiger charge is 2.10. The molecule has 158 valence electrons. The molecule has 1 heterocycles. The summed E-state index contributed by atoms with van der Waals surface area (Å²) >= 11 is 12.5. The molecule has 0 radical (unpaired) electrons. The van der Waals surface area contributed by atoms with Gasteiger partial charge in [0.1, 0.15) is 13.2 Å². The van der Waals surface area contributed by atoms with Gasteiger partial charge in [-0.1, -0.05) is 41.4 Å². The van der Waals surface area contributed by atoms with Crippen molar-refractivity contribution < 1.29 is 14.2 Å². The van der Waals surface area contributed by atoms with Crippen LogP contribution in [0.25, 0.3) is 0 Å². The van der Waals surface area contributed by atoms with Gasteiger partial charge in [0.25, 0.3) is 0 Å². The van der Waals surface area contributed by atoms with Crippen LogP contribution >= 0.6 is 23.2 Å². The van der Waals surface area contributed by atoms with Crippen molar-refractivity contribution in [3.8, 4) is 17.4 Å². The number of aromatic nitrogens is 1. The quantitative estimate of drug-likeness (QED) is 0.392. The molecular formula is C23H24Cl2N2O3. The molecule has 0 atom stereocenters. The summed E-state index contributed by atoms with van der Waals surface area (Å²) in [5.41, 5.74) is 1.83. The fourth-order valence-electron chi connectivity index (χ4n) is 2.76. The number of hydrogen-bond donors (Lipinski definition) is 1. The van der Waals surface area contributed by atoms with Crippen molar-refractivity contribution in [3.05, 3.63) is 82.0 Å². The molecule has 0 unspecified atom stereocenters. The molecular weight excluding hydrogens is 423 g/mol. The highest BCUT2D eigenvalue weighted by atomic mass is 35.5. The lowest BCUT2D eigenvalue weighted by Crippen LogP contribution is -2.20. The number of halogens is 2. The lowest BCUT2D eigenvalue weighted by Gasteiger charge is -2.15. The number of rotatable bonds is 11. The minimum Gasteiger partial charge on any atom is -0.490 e. The zero-order valence-electron chi connectivity index (χ0n) is 16.7. The minimum absolute atomic E-state index is 0.265. The number of ether oxygens (including phenoxy) is 3. The summed E-state index contributed by atoms with van der Waals surface area (Å²) < 4.78 is 17.3. The molecule has 1 aromatic heterocycles. The molecule has 0 amide bonds. The van der Waals surface area contributed by atoms with Crippen LogP contribution in [0.4, 0.5) is 0 Å². The van der Waals surface area contributed by atoms with Gasteiger partial charge in [-0.3, -0.25) is 0 Å². The van der Waals surface area contributed by atoms with E-state index in [4.69, 9.17) is 37.4 Å². The fraction of sp³-hybridized carbons (Fsp3) is 0.261. The second-order valence-corrected chi connectivity index (χ2v) is 7.21. The summed E-state index contributed by atoms with van der Waals surface area (Å²) in [5, 5.41) is 4.51. The lowest BCUT2D eigenvalue weighted by atomic mass is 10.2. The van der Waals surface area contributed by atoms with Gasteiger partial charge in [-0.05, 0) is 42.8 Å². The van der Waals surface area contributed by atoms with Crippen LogP contribution in [-0.4, -0.2) is 24.7 Å². The van der Waals surface area contributed by atoms with Crippen LogP contribution in [0.5, 0.6) is 17.4 Å². The Bertz CT molecular complexity index is 919. The normalized spacial score (nSPS) is 10.6. The Hall–Kier alpha value is -2.47. The molecule has 0 bridgehead atoms. The molecule has 30 heavy (non-hydrogen) atoms. The van der Waals surface area contributed by atoms with E-state index >= 15 is 0 Å². The van der Waals surface area contributed by atoms with Crippen LogP contribution in [0.1, 0.15) is 18.1 Å². The maximum Gasteiger partial charge on any atom is 0.213 e. The van der Waals surface area contributed by atoms with Crippen molar-refractivity contribution in [2.45, 2.75) is 20.1 Å². The van der Waals surface area contributed by atoms with Gasteiger partial charge in [-0.25, -0.2) is 4.98 Å². The van der Waals surface area contributed by atoms with Crippen molar-refractivity contribution in [1.29, 1.82) is 0 Å². The van der Waals surface area contributed by atoms with Crippen molar-refractivity contribution in [2.75, 3.05) is 19.8 Å². The second kappa shape index (κ2) is 11.6. The van der Waals surface area contributed by atoms with Gasteiger partial charge >= 0.3 is 0 Å². The molecule has 5 nitrogen and oxygen atoms in total. The summed E-state index contributed by atoms with van der Waals surface area (Å²) in [7, 11) is 0. The average Bonchev–Trinajstić information content (AvgIpc) is 2.75. The van der Waals surface area contributed by atoms with E-state index in [-0.39, 0.29) is 6.61 Å². The Kier molecular flexibility index (Phi) is 8.63. The van der Waals surface area contributed by atoms with Crippen LogP contribution in [0.3, 0.4) is 0 Å². The first-order valence-corrected chi connectivity index (χ1v) is 10.5. The van der Waals surface area contributed by atoms with E-state index in [9.17, 15) is 0 Å². The Morgan fingerprint density at radius 2 is 1.73 bits per heavy atom. The van der Waals surface area contributed by atoms with E-state index in [0.29, 0.717) is 53.7 Å². The maximum atomic E-state index is 6.23. The largest absolute Gasteiger partial charge is 0.490 e.